The molecule has 1 aromatic carbocycles. The van der Waals surface area contributed by atoms with Gasteiger partial charge in [0, 0.05) is 28.1 Å². The number of hydrogen-bond donors (Lipinski definition) is 0. The first kappa shape index (κ1) is 16.7. The maximum Gasteiger partial charge on any atom is 0.244 e. The first-order valence-corrected chi connectivity index (χ1v) is 9.77. The van der Waals surface area contributed by atoms with Gasteiger partial charge in [-0.1, -0.05) is 31.5 Å². The molecule has 6 heteroatoms. The van der Waals surface area contributed by atoms with Gasteiger partial charge in [-0.15, -0.1) is 22.9 Å². The van der Waals surface area contributed by atoms with Gasteiger partial charge in [0.15, 0.2) is 0 Å². The van der Waals surface area contributed by atoms with Crippen LogP contribution in [0, 0.1) is 0 Å². The first-order chi connectivity index (χ1) is 9.93. The van der Waals surface area contributed by atoms with Crippen LogP contribution in [0.5, 0.6) is 0 Å². The molecule has 0 saturated heterocycles. The summed E-state index contributed by atoms with van der Waals surface area (Å²) in [4.78, 5) is 1.09. The quantitative estimate of drug-likeness (QED) is 0.725. The normalized spacial score (nSPS) is 14.0. The highest BCUT2D eigenvalue weighted by Gasteiger charge is 2.30. The Morgan fingerprint density at radius 3 is 2.62 bits per heavy atom. The van der Waals surface area contributed by atoms with Gasteiger partial charge in [-0.2, -0.15) is 4.31 Å². The monoisotopic (exact) mass is 345 g/mol. The highest BCUT2D eigenvalue weighted by atomic mass is 35.5. The molecule has 0 amide bonds. The number of nitrogens with zero attached hydrogens (tertiary/aromatic N) is 1. The van der Waals surface area contributed by atoms with Crippen LogP contribution in [0.25, 0.3) is 10.1 Å². The van der Waals surface area contributed by atoms with Crippen molar-refractivity contribution in [1.29, 1.82) is 0 Å². The fourth-order valence-corrected chi connectivity index (χ4v) is 5.94. The van der Waals surface area contributed by atoms with E-state index < -0.39 is 10.0 Å². The molecule has 0 aliphatic rings. The second kappa shape index (κ2) is 6.65. The Balaban J connectivity index is 2.59. The minimum absolute atomic E-state index is 0.0261. The Morgan fingerprint density at radius 2 is 2.00 bits per heavy atom. The van der Waals surface area contributed by atoms with Crippen LogP contribution in [-0.4, -0.2) is 25.8 Å². The van der Waals surface area contributed by atoms with Crippen molar-refractivity contribution in [3.05, 3.63) is 29.1 Å². The number of hydrogen-bond acceptors (Lipinski definition) is 3. The molecule has 1 atom stereocenters. The molecule has 0 aliphatic heterocycles. The summed E-state index contributed by atoms with van der Waals surface area (Å²) in [5.41, 5.74) is 0. The summed E-state index contributed by atoms with van der Waals surface area (Å²) in [5.74, 6) is 0.212. The zero-order chi connectivity index (χ0) is 15.6. The molecular weight excluding hydrogens is 326 g/mol. The summed E-state index contributed by atoms with van der Waals surface area (Å²) < 4.78 is 28.4. The average molecular weight is 346 g/mol. The molecule has 0 fully saturated rings. The largest absolute Gasteiger partial charge is 0.244 e. The number of halogens is 1. The fraction of sp³-hybridized carbons (Fsp3) is 0.467. The van der Waals surface area contributed by atoms with E-state index in [1.54, 1.807) is 7.05 Å². The van der Waals surface area contributed by atoms with Crippen molar-refractivity contribution >= 4 is 43.0 Å². The van der Waals surface area contributed by atoms with E-state index in [4.69, 9.17) is 11.6 Å². The third kappa shape index (κ3) is 3.11. The van der Waals surface area contributed by atoms with Crippen LogP contribution in [0.2, 0.25) is 0 Å². The van der Waals surface area contributed by atoms with Gasteiger partial charge in [-0.05, 0) is 19.4 Å². The number of alkyl halides is 1. The first-order valence-electron chi connectivity index (χ1n) is 6.97. The van der Waals surface area contributed by atoms with Crippen LogP contribution >= 0.6 is 22.9 Å². The van der Waals surface area contributed by atoms with Crippen LogP contribution in [0.4, 0.5) is 0 Å². The molecule has 0 aliphatic carbocycles. The van der Waals surface area contributed by atoms with Crippen molar-refractivity contribution < 1.29 is 8.42 Å². The van der Waals surface area contributed by atoms with Gasteiger partial charge in [0.05, 0.1) is 5.88 Å². The second-order valence-electron chi connectivity index (χ2n) is 5.14. The Labute approximate surface area is 135 Å². The van der Waals surface area contributed by atoms with Crippen molar-refractivity contribution in [2.24, 2.45) is 0 Å². The van der Waals surface area contributed by atoms with Gasteiger partial charge in [0.25, 0.3) is 0 Å². The predicted molar refractivity (Wildman–Crippen MR) is 90.7 cm³/mol. The minimum Gasteiger partial charge on any atom is -0.207 e. The minimum atomic E-state index is -3.53. The zero-order valence-electron chi connectivity index (χ0n) is 12.5. The summed E-state index contributed by atoms with van der Waals surface area (Å²) in [6.07, 6.45) is 1.79. The summed E-state index contributed by atoms with van der Waals surface area (Å²) in [6.45, 7) is 4.00. The number of benzene rings is 1. The smallest absolute Gasteiger partial charge is 0.207 e. The Kier molecular flexibility index (Phi) is 5.30. The molecule has 1 unspecified atom stereocenters. The lowest BCUT2D eigenvalue weighted by Crippen LogP contribution is -2.35. The molecule has 0 bridgehead atoms. The number of sulfonamides is 1. The van der Waals surface area contributed by atoms with Crippen molar-refractivity contribution in [1.82, 2.24) is 4.31 Å². The van der Waals surface area contributed by atoms with Crippen LogP contribution in [0.15, 0.2) is 29.2 Å². The summed E-state index contributed by atoms with van der Waals surface area (Å²) >= 11 is 7.44. The molecule has 3 nitrogen and oxygen atoms in total. The fourth-order valence-electron chi connectivity index (χ4n) is 2.42. The SMILES string of the molecule is CCCC(C)N(C)S(=O)(=O)c1c(CCl)sc2ccccc12. The molecule has 21 heavy (non-hydrogen) atoms. The molecule has 1 heterocycles. The molecule has 0 radical (unpaired) electrons. The van der Waals surface area contributed by atoms with Crippen molar-refractivity contribution in [2.75, 3.05) is 7.05 Å². The molecule has 0 N–H and O–H groups in total. The molecule has 116 valence electrons. The third-order valence-electron chi connectivity index (χ3n) is 3.70. The van der Waals surface area contributed by atoms with Gasteiger partial charge < -0.3 is 0 Å². The molecule has 0 saturated carbocycles. The molecule has 1 aromatic heterocycles. The number of thiophene rings is 1. The van der Waals surface area contributed by atoms with E-state index in [1.807, 2.05) is 31.2 Å². The van der Waals surface area contributed by atoms with Crippen LogP contribution < -0.4 is 0 Å². The van der Waals surface area contributed by atoms with Gasteiger partial charge in [-0.25, -0.2) is 8.42 Å². The number of rotatable bonds is 6. The lowest BCUT2D eigenvalue weighted by atomic mass is 10.2. The Bertz CT molecular complexity index is 724. The topological polar surface area (TPSA) is 37.4 Å². The van der Waals surface area contributed by atoms with Gasteiger partial charge in [0.1, 0.15) is 4.90 Å². The van der Waals surface area contributed by atoms with E-state index >= 15 is 0 Å². The molecular formula is C15H20ClNO2S2. The van der Waals surface area contributed by atoms with E-state index in [-0.39, 0.29) is 11.9 Å². The standard InChI is InChI=1S/C15H20ClNO2S2/c1-4-7-11(2)17(3)21(18,19)15-12-8-5-6-9-13(12)20-14(15)10-16/h5-6,8-9,11H,4,7,10H2,1-3H3. The maximum atomic E-state index is 13.0. The van der Waals surface area contributed by atoms with E-state index in [0.29, 0.717) is 9.77 Å². The highest BCUT2D eigenvalue weighted by molar-refractivity contribution is 7.89. The predicted octanol–water partition coefficient (Wildman–Crippen LogP) is 4.45. The summed E-state index contributed by atoms with van der Waals surface area (Å²) in [5, 5.41) is 0.772. The van der Waals surface area contributed by atoms with Crippen LogP contribution in [0.3, 0.4) is 0 Å². The number of fused-ring (bicyclic) bond motifs is 1. The van der Waals surface area contributed by atoms with Crippen molar-refractivity contribution in [3.63, 3.8) is 0 Å². The van der Waals surface area contributed by atoms with Gasteiger partial charge >= 0.3 is 0 Å². The van der Waals surface area contributed by atoms with Crippen LogP contribution in [0.1, 0.15) is 31.6 Å². The highest BCUT2D eigenvalue weighted by Crippen LogP contribution is 2.37. The van der Waals surface area contributed by atoms with E-state index in [1.165, 1.54) is 15.6 Å². The molecule has 2 aromatic rings. The average Bonchev–Trinajstić information content (AvgIpc) is 2.85. The van der Waals surface area contributed by atoms with E-state index in [9.17, 15) is 8.42 Å². The van der Waals surface area contributed by atoms with Crippen LogP contribution in [-0.2, 0) is 15.9 Å². The summed E-state index contributed by atoms with van der Waals surface area (Å²) in [6, 6.07) is 7.54. The lowest BCUT2D eigenvalue weighted by molar-refractivity contribution is 0.369. The van der Waals surface area contributed by atoms with E-state index in [0.717, 1.165) is 22.9 Å². The maximum absolute atomic E-state index is 13.0. The molecule has 2 rings (SSSR count). The zero-order valence-corrected chi connectivity index (χ0v) is 14.9. The van der Waals surface area contributed by atoms with Gasteiger partial charge in [0.2, 0.25) is 10.0 Å². The Morgan fingerprint density at radius 1 is 1.33 bits per heavy atom. The van der Waals surface area contributed by atoms with E-state index in [2.05, 4.69) is 6.92 Å². The second-order valence-corrected chi connectivity index (χ2v) is 8.48. The van der Waals surface area contributed by atoms with Crippen molar-refractivity contribution in [3.8, 4) is 0 Å². The Hall–Kier alpha value is -0.620. The van der Waals surface area contributed by atoms with Gasteiger partial charge in [-0.3, -0.25) is 0 Å². The van der Waals surface area contributed by atoms with Crippen molar-refractivity contribution in [2.45, 2.75) is 43.5 Å². The lowest BCUT2D eigenvalue weighted by Gasteiger charge is -2.24. The third-order valence-corrected chi connectivity index (χ3v) is 7.53. The molecule has 0 spiro atoms. The summed E-state index contributed by atoms with van der Waals surface area (Å²) in [7, 11) is -1.87.